The maximum absolute atomic E-state index is 11.6. The van der Waals surface area contributed by atoms with E-state index in [0.717, 1.165) is 0 Å². The summed E-state index contributed by atoms with van der Waals surface area (Å²) in [6.45, 7) is 2.58. The zero-order valence-electron chi connectivity index (χ0n) is 13.2. The zero-order valence-corrected chi connectivity index (χ0v) is 14.7. The molecule has 4 nitrogen and oxygen atoms in total. The number of rotatable bonds is 5. The highest BCUT2D eigenvalue weighted by Gasteiger charge is 2.31. The van der Waals surface area contributed by atoms with E-state index in [1.807, 2.05) is 0 Å². The van der Waals surface area contributed by atoms with Gasteiger partial charge < -0.3 is 9.47 Å². The monoisotopic (exact) mass is 366 g/mol. The first-order chi connectivity index (χ1) is 11.4. The molecule has 0 amide bonds. The molecule has 2 unspecified atom stereocenters. The van der Waals surface area contributed by atoms with Crippen LogP contribution in [0.15, 0.2) is 48.5 Å². The Balaban J connectivity index is 2.51. The minimum absolute atomic E-state index is 0.484. The number of carbonyl (C=O) groups excluding carboxylic acids is 2. The van der Waals surface area contributed by atoms with Gasteiger partial charge in [0.15, 0.2) is 12.2 Å². The average Bonchev–Trinajstić information content (AvgIpc) is 2.50. The summed E-state index contributed by atoms with van der Waals surface area (Å²) in [5.41, 5.74) is 1.23. The normalized spacial score (nSPS) is 13.0. The van der Waals surface area contributed by atoms with Crippen molar-refractivity contribution >= 4 is 35.1 Å². The van der Waals surface area contributed by atoms with E-state index in [-0.39, 0.29) is 0 Å². The maximum atomic E-state index is 11.6. The highest BCUT2D eigenvalue weighted by atomic mass is 35.5. The molecule has 6 heteroatoms. The van der Waals surface area contributed by atoms with E-state index in [2.05, 4.69) is 0 Å². The van der Waals surface area contributed by atoms with Gasteiger partial charge in [-0.2, -0.15) is 0 Å². The van der Waals surface area contributed by atoms with Crippen molar-refractivity contribution in [2.45, 2.75) is 26.1 Å². The Morgan fingerprint density at radius 2 is 1.17 bits per heavy atom. The Morgan fingerprint density at radius 3 is 1.46 bits per heavy atom. The quantitative estimate of drug-likeness (QED) is 0.706. The van der Waals surface area contributed by atoms with Crippen molar-refractivity contribution in [1.29, 1.82) is 0 Å². The fourth-order valence-corrected chi connectivity index (χ4v) is 2.73. The van der Waals surface area contributed by atoms with Gasteiger partial charge in [0.25, 0.3) is 0 Å². The van der Waals surface area contributed by atoms with Crippen molar-refractivity contribution in [3.05, 3.63) is 69.7 Å². The highest BCUT2D eigenvalue weighted by Crippen LogP contribution is 2.37. The topological polar surface area (TPSA) is 52.6 Å². The molecule has 0 N–H and O–H groups in total. The summed E-state index contributed by atoms with van der Waals surface area (Å²) in [5.74, 6) is -1.00. The van der Waals surface area contributed by atoms with Crippen LogP contribution >= 0.6 is 23.2 Å². The molecule has 0 heterocycles. The molecule has 2 aromatic rings. The van der Waals surface area contributed by atoms with Crippen LogP contribution in [0.25, 0.3) is 0 Å². The van der Waals surface area contributed by atoms with E-state index in [0.29, 0.717) is 21.2 Å². The van der Waals surface area contributed by atoms with Crippen LogP contribution in [0.2, 0.25) is 10.0 Å². The smallest absolute Gasteiger partial charge is 0.303 e. The number of ether oxygens (including phenoxy) is 2. The van der Waals surface area contributed by atoms with Crippen molar-refractivity contribution < 1.29 is 19.1 Å². The van der Waals surface area contributed by atoms with Crippen LogP contribution < -0.4 is 0 Å². The van der Waals surface area contributed by atoms with Gasteiger partial charge in [0, 0.05) is 23.9 Å². The fourth-order valence-electron chi connectivity index (χ4n) is 2.33. The largest absolute Gasteiger partial charge is 0.453 e. The number of halogens is 2. The molecule has 0 aliphatic heterocycles. The summed E-state index contributed by atoms with van der Waals surface area (Å²) >= 11 is 12.1. The fraction of sp³-hybridized carbons (Fsp3) is 0.222. The lowest BCUT2D eigenvalue weighted by molar-refractivity contribution is -0.166. The van der Waals surface area contributed by atoms with Gasteiger partial charge in [-0.15, -0.1) is 0 Å². The minimum Gasteiger partial charge on any atom is -0.453 e. The van der Waals surface area contributed by atoms with Gasteiger partial charge in [0.05, 0.1) is 0 Å². The maximum Gasteiger partial charge on any atom is 0.303 e. The number of hydrogen-bond donors (Lipinski definition) is 0. The average molecular weight is 367 g/mol. The number of esters is 2. The van der Waals surface area contributed by atoms with Gasteiger partial charge in [0.2, 0.25) is 0 Å². The van der Waals surface area contributed by atoms with E-state index in [1.54, 1.807) is 48.5 Å². The van der Waals surface area contributed by atoms with Gasteiger partial charge in [-0.3, -0.25) is 9.59 Å². The summed E-state index contributed by atoms with van der Waals surface area (Å²) in [6, 6.07) is 13.7. The lowest BCUT2D eigenvalue weighted by atomic mass is 9.97. The van der Waals surface area contributed by atoms with Crippen molar-refractivity contribution in [3.8, 4) is 0 Å². The summed E-state index contributed by atoms with van der Waals surface area (Å²) in [4.78, 5) is 23.2. The molecule has 0 saturated carbocycles. The molecule has 0 aliphatic rings. The first-order valence-corrected chi connectivity index (χ1v) is 7.98. The first kappa shape index (κ1) is 18.3. The van der Waals surface area contributed by atoms with Crippen molar-refractivity contribution in [1.82, 2.24) is 0 Å². The second-order valence-electron chi connectivity index (χ2n) is 5.17. The van der Waals surface area contributed by atoms with Crippen LogP contribution in [0.5, 0.6) is 0 Å². The Hall–Kier alpha value is -2.04. The molecule has 2 atom stereocenters. The number of benzene rings is 2. The minimum atomic E-state index is -0.844. The Morgan fingerprint density at radius 1 is 0.792 bits per heavy atom. The van der Waals surface area contributed by atoms with Crippen molar-refractivity contribution in [3.63, 3.8) is 0 Å². The van der Waals surface area contributed by atoms with E-state index < -0.39 is 24.1 Å². The van der Waals surface area contributed by atoms with Crippen LogP contribution in [0.4, 0.5) is 0 Å². The highest BCUT2D eigenvalue weighted by molar-refractivity contribution is 6.30. The van der Waals surface area contributed by atoms with E-state index in [4.69, 9.17) is 32.7 Å². The third-order valence-electron chi connectivity index (χ3n) is 3.22. The Bertz CT molecular complexity index is 682. The molecular formula is C18H16Cl2O4. The molecule has 0 spiro atoms. The zero-order chi connectivity index (χ0) is 17.7. The predicted molar refractivity (Wildman–Crippen MR) is 91.9 cm³/mol. The molecule has 0 bridgehead atoms. The van der Waals surface area contributed by atoms with Gasteiger partial charge in [-0.1, -0.05) is 47.5 Å². The predicted octanol–water partition coefficient (Wildman–Crippen LogP) is 4.90. The molecule has 0 saturated heterocycles. The summed E-state index contributed by atoms with van der Waals surface area (Å²) in [7, 11) is 0. The molecule has 0 fully saturated rings. The molecule has 126 valence electrons. The number of carbonyl (C=O) groups is 2. The third kappa shape index (κ3) is 4.98. The van der Waals surface area contributed by atoms with E-state index in [1.165, 1.54) is 13.8 Å². The molecule has 2 rings (SSSR count). The summed E-state index contributed by atoms with van der Waals surface area (Å²) < 4.78 is 10.9. The van der Waals surface area contributed by atoms with E-state index >= 15 is 0 Å². The van der Waals surface area contributed by atoms with Gasteiger partial charge >= 0.3 is 11.9 Å². The lowest BCUT2D eigenvalue weighted by Gasteiger charge is -2.27. The second kappa shape index (κ2) is 8.18. The van der Waals surface area contributed by atoms with Crippen molar-refractivity contribution in [2.75, 3.05) is 0 Å². The summed E-state index contributed by atoms with van der Waals surface area (Å²) in [5, 5.41) is 0.967. The number of hydrogen-bond acceptors (Lipinski definition) is 4. The molecule has 2 aromatic carbocycles. The van der Waals surface area contributed by atoms with Gasteiger partial charge in [-0.05, 0) is 35.4 Å². The van der Waals surface area contributed by atoms with Crippen LogP contribution in [-0.2, 0) is 19.1 Å². The van der Waals surface area contributed by atoms with Crippen LogP contribution in [0, 0.1) is 0 Å². The molecule has 0 radical (unpaired) electrons. The third-order valence-corrected chi connectivity index (χ3v) is 3.69. The molecule has 0 aliphatic carbocycles. The van der Waals surface area contributed by atoms with E-state index in [9.17, 15) is 9.59 Å². The first-order valence-electron chi connectivity index (χ1n) is 7.22. The summed E-state index contributed by atoms with van der Waals surface area (Å²) in [6.07, 6.45) is -1.69. The molecular weight excluding hydrogens is 351 g/mol. The van der Waals surface area contributed by atoms with Crippen LogP contribution in [-0.4, -0.2) is 11.9 Å². The SMILES string of the molecule is CC(=O)OC(c1cccc(Cl)c1)C(OC(C)=O)c1cccc(Cl)c1. The van der Waals surface area contributed by atoms with Crippen LogP contribution in [0.3, 0.4) is 0 Å². The Kier molecular flexibility index (Phi) is 6.23. The van der Waals surface area contributed by atoms with Crippen molar-refractivity contribution in [2.24, 2.45) is 0 Å². The van der Waals surface area contributed by atoms with Gasteiger partial charge in [0.1, 0.15) is 0 Å². The molecule has 0 aromatic heterocycles. The lowest BCUT2D eigenvalue weighted by Crippen LogP contribution is -2.21. The standard InChI is InChI=1S/C18H16Cl2O4/c1-11(21)23-17(13-5-3-7-15(19)9-13)18(24-12(2)22)14-6-4-8-16(20)10-14/h3-10,17-18H,1-2H3. The van der Waals surface area contributed by atoms with Gasteiger partial charge in [-0.25, -0.2) is 0 Å². The second-order valence-corrected chi connectivity index (χ2v) is 6.04. The Labute approximate surface area is 150 Å². The van der Waals surface area contributed by atoms with Crippen LogP contribution in [0.1, 0.15) is 37.2 Å². The molecule has 24 heavy (non-hydrogen) atoms.